The van der Waals surface area contributed by atoms with Crippen LogP contribution in [0.15, 0.2) is 54.7 Å². The van der Waals surface area contributed by atoms with Gasteiger partial charge < -0.3 is 10.1 Å². The number of nitrogens with one attached hydrogen (secondary N) is 1. The Kier molecular flexibility index (Phi) is 5.89. The minimum absolute atomic E-state index is 0.193. The lowest BCUT2D eigenvalue weighted by Gasteiger charge is -2.27. The van der Waals surface area contributed by atoms with Crippen LogP contribution in [0.5, 0.6) is 0 Å². The van der Waals surface area contributed by atoms with Crippen LogP contribution < -0.4 is 5.32 Å². The summed E-state index contributed by atoms with van der Waals surface area (Å²) in [6.45, 7) is 3.80. The summed E-state index contributed by atoms with van der Waals surface area (Å²) in [5.41, 5.74) is 2.04. The Labute approximate surface area is 172 Å². The SMILES string of the molecule is O=C(Nc1ccc(Cl)c(CN2CCOCC2)c1)c1ccn(-c2ccccc2F)n1. The first-order chi connectivity index (χ1) is 14.1. The van der Waals surface area contributed by atoms with Gasteiger partial charge in [-0.05, 0) is 42.0 Å². The van der Waals surface area contributed by atoms with Gasteiger partial charge in [0, 0.05) is 36.5 Å². The molecule has 0 radical (unpaired) electrons. The van der Waals surface area contributed by atoms with E-state index in [0.29, 0.717) is 30.5 Å². The summed E-state index contributed by atoms with van der Waals surface area (Å²) < 4.78 is 20.6. The van der Waals surface area contributed by atoms with Gasteiger partial charge in [0.25, 0.3) is 5.91 Å². The van der Waals surface area contributed by atoms with Crippen molar-refractivity contribution < 1.29 is 13.9 Å². The van der Waals surface area contributed by atoms with Crippen molar-refractivity contribution in [3.05, 3.63) is 76.8 Å². The fraction of sp³-hybridized carbons (Fsp3) is 0.238. The summed E-state index contributed by atoms with van der Waals surface area (Å²) in [5.74, 6) is -0.784. The van der Waals surface area contributed by atoms with Crippen molar-refractivity contribution in [1.29, 1.82) is 0 Å². The van der Waals surface area contributed by atoms with E-state index in [2.05, 4.69) is 15.3 Å². The summed E-state index contributed by atoms with van der Waals surface area (Å²) in [6.07, 6.45) is 1.55. The predicted octanol–water partition coefficient (Wildman–Crippen LogP) is 3.75. The number of hydrogen-bond acceptors (Lipinski definition) is 4. The standard InChI is InChI=1S/C21H20ClFN4O2/c22-17-6-5-16(13-15(17)14-26-9-11-29-12-10-26)24-21(28)19-7-8-27(25-19)20-4-2-1-3-18(20)23/h1-8,13H,9-12,14H2,(H,24,28). The molecule has 1 N–H and O–H groups in total. The molecule has 2 aromatic carbocycles. The van der Waals surface area contributed by atoms with E-state index < -0.39 is 5.82 Å². The van der Waals surface area contributed by atoms with Gasteiger partial charge in [-0.2, -0.15) is 5.10 Å². The van der Waals surface area contributed by atoms with E-state index in [4.69, 9.17) is 16.3 Å². The van der Waals surface area contributed by atoms with E-state index in [1.54, 1.807) is 42.6 Å². The van der Waals surface area contributed by atoms with E-state index in [1.165, 1.54) is 10.7 Å². The van der Waals surface area contributed by atoms with Crippen molar-refractivity contribution in [2.24, 2.45) is 0 Å². The fourth-order valence-corrected chi connectivity index (χ4v) is 3.36. The number of carbonyl (C=O) groups is 1. The summed E-state index contributed by atoms with van der Waals surface area (Å²) in [5, 5.41) is 7.67. The van der Waals surface area contributed by atoms with Crippen LogP contribution in [0.2, 0.25) is 5.02 Å². The molecule has 0 aliphatic carbocycles. The first-order valence-corrected chi connectivity index (χ1v) is 9.68. The van der Waals surface area contributed by atoms with Crippen molar-refractivity contribution in [1.82, 2.24) is 14.7 Å². The molecule has 1 aliphatic rings. The Hall–Kier alpha value is -2.74. The van der Waals surface area contributed by atoms with Gasteiger partial charge in [0.2, 0.25) is 0 Å². The summed E-state index contributed by atoms with van der Waals surface area (Å²) in [6, 6.07) is 13.2. The van der Waals surface area contributed by atoms with Gasteiger partial charge in [-0.25, -0.2) is 9.07 Å². The zero-order valence-corrected chi connectivity index (χ0v) is 16.4. The third-order valence-corrected chi connectivity index (χ3v) is 5.09. The summed E-state index contributed by atoms with van der Waals surface area (Å²) in [7, 11) is 0. The Morgan fingerprint density at radius 3 is 2.76 bits per heavy atom. The molecule has 2 heterocycles. The second-order valence-electron chi connectivity index (χ2n) is 6.75. The average molecular weight is 415 g/mol. The summed E-state index contributed by atoms with van der Waals surface area (Å²) >= 11 is 6.33. The smallest absolute Gasteiger partial charge is 0.276 e. The molecule has 0 spiro atoms. The van der Waals surface area contributed by atoms with E-state index in [-0.39, 0.29) is 17.3 Å². The highest BCUT2D eigenvalue weighted by molar-refractivity contribution is 6.31. The number of benzene rings is 2. The number of nitrogens with zero attached hydrogens (tertiary/aromatic N) is 3. The number of para-hydroxylation sites is 1. The average Bonchev–Trinajstić information content (AvgIpc) is 3.22. The van der Waals surface area contributed by atoms with Crippen LogP contribution in [-0.4, -0.2) is 46.9 Å². The highest BCUT2D eigenvalue weighted by Gasteiger charge is 2.15. The van der Waals surface area contributed by atoms with Crippen LogP contribution in [0.1, 0.15) is 16.1 Å². The minimum Gasteiger partial charge on any atom is -0.379 e. The normalized spacial score (nSPS) is 14.7. The van der Waals surface area contributed by atoms with Crippen LogP contribution >= 0.6 is 11.6 Å². The zero-order valence-electron chi connectivity index (χ0n) is 15.6. The third kappa shape index (κ3) is 4.64. The Balaban J connectivity index is 1.47. The molecular weight excluding hydrogens is 395 g/mol. The molecule has 0 bridgehead atoms. The maximum absolute atomic E-state index is 13.9. The van der Waals surface area contributed by atoms with Crippen LogP contribution in [0.25, 0.3) is 5.69 Å². The molecule has 1 aromatic heterocycles. The summed E-state index contributed by atoms with van der Waals surface area (Å²) in [4.78, 5) is 14.8. The van der Waals surface area contributed by atoms with Crippen LogP contribution in [0.3, 0.4) is 0 Å². The number of carbonyl (C=O) groups excluding carboxylic acids is 1. The maximum Gasteiger partial charge on any atom is 0.276 e. The van der Waals surface area contributed by atoms with Gasteiger partial charge in [-0.1, -0.05) is 23.7 Å². The highest BCUT2D eigenvalue weighted by atomic mass is 35.5. The minimum atomic E-state index is -0.409. The lowest BCUT2D eigenvalue weighted by molar-refractivity contribution is 0.0342. The van der Waals surface area contributed by atoms with Gasteiger partial charge in [0.15, 0.2) is 5.69 Å². The zero-order chi connectivity index (χ0) is 20.2. The monoisotopic (exact) mass is 414 g/mol. The molecule has 150 valence electrons. The van der Waals surface area contributed by atoms with Crippen LogP contribution in [0, 0.1) is 5.82 Å². The van der Waals surface area contributed by atoms with E-state index in [1.807, 2.05) is 6.07 Å². The molecule has 0 saturated carbocycles. The molecule has 1 saturated heterocycles. The molecule has 0 unspecified atom stereocenters. The molecule has 3 aromatic rings. The number of anilines is 1. The number of rotatable bonds is 5. The highest BCUT2D eigenvalue weighted by Crippen LogP contribution is 2.23. The van der Waals surface area contributed by atoms with Gasteiger partial charge in [0.1, 0.15) is 11.5 Å². The number of ether oxygens (including phenoxy) is 1. The van der Waals surface area contributed by atoms with Crippen molar-refractivity contribution >= 4 is 23.2 Å². The number of amides is 1. The van der Waals surface area contributed by atoms with Crippen molar-refractivity contribution in [2.75, 3.05) is 31.6 Å². The second-order valence-corrected chi connectivity index (χ2v) is 7.15. The van der Waals surface area contributed by atoms with Gasteiger partial charge in [0.05, 0.1) is 13.2 Å². The number of halogens is 2. The van der Waals surface area contributed by atoms with Gasteiger partial charge >= 0.3 is 0 Å². The lowest BCUT2D eigenvalue weighted by atomic mass is 10.1. The van der Waals surface area contributed by atoms with Gasteiger partial charge in [-0.3, -0.25) is 9.69 Å². The van der Waals surface area contributed by atoms with Crippen LogP contribution in [-0.2, 0) is 11.3 Å². The largest absolute Gasteiger partial charge is 0.379 e. The van der Waals surface area contributed by atoms with E-state index in [9.17, 15) is 9.18 Å². The Morgan fingerprint density at radius 2 is 1.97 bits per heavy atom. The van der Waals surface area contributed by atoms with Crippen LogP contribution in [0.4, 0.5) is 10.1 Å². The van der Waals surface area contributed by atoms with E-state index in [0.717, 1.165) is 18.7 Å². The molecule has 29 heavy (non-hydrogen) atoms. The second kappa shape index (κ2) is 8.73. The lowest BCUT2D eigenvalue weighted by Crippen LogP contribution is -2.35. The maximum atomic E-state index is 13.9. The quantitative estimate of drug-likeness (QED) is 0.690. The molecular formula is C21H20ClFN4O2. The number of hydrogen-bond donors (Lipinski definition) is 1. The molecule has 8 heteroatoms. The molecule has 1 amide bonds. The molecule has 1 fully saturated rings. The first kappa shape index (κ1) is 19.6. The van der Waals surface area contributed by atoms with E-state index >= 15 is 0 Å². The fourth-order valence-electron chi connectivity index (χ4n) is 3.19. The third-order valence-electron chi connectivity index (χ3n) is 4.72. The molecule has 4 rings (SSSR count). The van der Waals surface area contributed by atoms with Crippen molar-refractivity contribution in [2.45, 2.75) is 6.54 Å². The Bertz CT molecular complexity index is 1020. The topological polar surface area (TPSA) is 59.4 Å². The number of aromatic nitrogens is 2. The Morgan fingerprint density at radius 1 is 1.17 bits per heavy atom. The van der Waals surface area contributed by atoms with Crippen molar-refractivity contribution in [3.63, 3.8) is 0 Å². The molecule has 1 aliphatic heterocycles. The number of morpholine rings is 1. The molecule has 0 atom stereocenters. The van der Waals surface area contributed by atoms with Crippen molar-refractivity contribution in [3.8, 4) is 5.69 Å². The van der Waals surface area contributed by atoms with Gasteiger partial charge in [-0.15, -0.1) is 0 Å². The first-order valence-electron chi connectivity index (χ1n) is 9.30. The predicted molar refractivity (Wildman–Crippen MR) is 109 cm³/mol. The molecule has 6 nitrogen and oxygen atoms in total.